The SMILES string of the molecule is CCc1ccc([C@H](C)NC(=O)c2ccccc2N(C)C(=O)C2CC2)cc1. The van der Waals surface area contributed by atoms with Crippen molar-refractivity contribution in [3.8, 4) is 0 Å². The summed E-state index contributed by atoms with van der Waals surface area (Å²) in [5.74, 6) is 0.0451. The van der Waals surface area contributed by atoms with Gasteiger partial charge in [0.25, 0.3) is 5.91 Å². The first-order chi connectivity index (χ1) is 12.5. The van der Waals surface area contributed by atoms with Crippen molar-refractivity contribution in [2.45, 2.75) is 39.2 Å². The van der Waals surface area contributed by atoms with E-state index in [-0.39, 0.29) is 23.8 Å². The van der Waals surface area contributed by atoms with Crippen LogP contribution in [-0.2, 0) is 11.2 Å². The predicted molar refractivity (Wildman–Crippen MR) is 104 cm³/mol. The second-order valence-electron chi connectivity index (χ2n) is 6.98. The van der Waals surface area contributed by atoms with Gasteiger partial charge in [0, 0.05) is 13.0 Å². The van der Waals surface area contributed by atoms with Crippen LogP contribution in [0.3, 0.4) is 0 Å². The van der Waals surface area contributed by atoms with Crippen molar-refractivity contribution >= 4 is 17.5 Å². The summed E-state index contributed by atoms with van der Waals surface area (Å²) in [7, 11) is 1.75. The Bertz CT molecular complexity index is 794. The number of aryl methyl sites for hydroxylation is 1. The molecule has 0 bridgehead atoms. The molecule has 1 N–H and O–H groups in total. The maximum Gasteiger partial charge on any atom is 0.253 e. The third-order valence-corrected chi connectivity index (χ3v) is 5.00. The molecule has 0 aliphatic heterocycles. The fraction of sp³-hybridized carbons (Fsp3) is 0.364. The van der Waals surface area contributed by atoms with Crippen LogP contribution in [-0.4, -0.2) is 18.9 Å². The van der Waals surface area contributed by atoms with Gasteiger partial charge in [-0.1, -0.05) is 43.3 Å². The van der Waals surface area contributed by atoms with Gasteiger partial charge in [0.15, 0.2) is 0 Å². The van der Waals surface area contributed by atoms with E-state index in [2.05, 4.69) is 36.5 Å². The van der Waals surface area contributed by atoms with Crippen LogP contribution in [0.1, 0.15) is 54.2 Å². The van der Waals surface area contributed by atoms with Crippen molar-refractivity contribution in [3.63, 3.8) is 0 Å². The van der Waals surface area contributed by atoms with E-state index in [0.29, 0.717) is 11.3 Å². The standard InChI is InChI=1S/C22H26N2O2/c1-4-16-9-11-17(12-10-16)15(2)23-21(25)19-7-5-6-8-20(19)24(3)22(26)18-13-14-18/h5-12,15,18H,4,13-14H2,1-3H3,(H,23,25)/t15-/m0/s1. The lowest BCUT2D eigenvalue weighted by Crippen LogP contribution is -2.32. The number of carbonyl (C=O) groups is 2. The Morgan fingerprint density at radius 2 is 1.77 bits per heavy atom. The van der Waals surface area contributed by atoms with Crippen molar-refractivity contribution < 1.29 is 9.59 Å². The number of anilines is 1. The molecule has 2 amide bonds. The summed E-state index contributed by atoms with van der Waals surface area (Å²) in [4.78, 5) is 26.8. The summed E-state index contributed by atoms with van der Waals surface area (Å²) in [5, 5.41) is 3.05. The first kappa shape index (κ1) is 18.2. The smallest absolute Gasteiger partial charge is 0.253 e. The average molecular weight is 350 g/mol. The van der Waals surface area contributed by atoms with Crippen LogP contribution in [0, 0.1) is 5.92 Å². The fourth-order valence-corrected chi connectivity index (χ4v) is 3.08. The van der Waals surface area contributed by atoms with E-state index in [4.69, 9.17) is 0 Å². The molecule has 0 saturated heterocycles. The Hall–Kier alpha value is -2.62. The molecule has 1 aliphatic carbocycles. The van der Waals surface area contributed by atoms with E-state index < -0.39 is 0 Å². The first-order valence-electron chi connectivity index (χ1n) is 9.27. The third-order valence-electron chi connectivity index (χ3n) is 5.00. The Labute approximate surface area is 155 Å². The van der Waals surface area contributed by atoms with Crippen molar-refractivity contribution in [2.75, 3.05) is 11.9 Å². The maximum atomic E-state index is 12.8. The Balaban J connectivity index is 1.75. The largest absolute Gasteiger partial charge is 0.345 e. The molecule has 0 spiro atoms. The van der Waals surface area contributed by atoms with Crippen LogP contribution >= 0.6 is 0 Å². The molecule has 0 heterocycles. The minimum atomic E-state index is -0.164. The molecule has 2 aromatic rings. The van der Waals surface area contributed by atoms with E-state index in [9.17, 15) is 9.59 Å². The van der Waals surface area contributed by atoms with E-state index in [1.54, 1.807) is 18.0 Å². The van der Waals surface area contributed by atoms with Gasteiger partial charge in [-0.05, 0) is 49.4 Å². The van der Waals surface area contributed by atoms with Gasteiger partial charge in [-0.2, -0.15) is 0 Å². The predicted octanol–water partition coefficient (Wildman–Crippen LogP) is 4.11. The minimum Gasteiger partial charge on any atom is -0.345 e. The lowest BCUT2D eigenvalue weighted by atomic mass is 10.0. The minimum absolute atomic E-state index is 0.0912. The van der Waals surface area contributed by atoms with Gasteiger partial charge < -0.3 is 10.2 Å². The molecule has 0 radical (unpaired) electrons. The molecule has 0 aromatic heterocycles. The first-order valence-corrected chi connectivity index (χ1v) is 9.27. The van der Waals surface area contributed by atoms with Crippen LogP contribution in [0.15, 0.2) is 48.5 Å². The monoisotopic (exact) mass is 350 g/mol. The van der Waals surface area contributed by atoms with Gasteiger partial charge in [0.2, 0.25) is 5.91 Å². The lowest BCUT2D eigenvalue weighted by molar-refractivity contribution is -0.119. The summed E-state index contributed by atoms with van der Waals surface area (Å²) < 4.78 is 0. The fourth-order valence-electron chi connectivity index (χ4n) is 3.08. The number of hydrogen-bond acceptors (Lipinski definition) is 2. The summed E-state index contributed by atoms with van der Waals surface area (Å²) in [5.41, 5.74) is 3.53. The quantitative estimate of drug-likeness (QED) is 0.852. The number of nitrogens with zero attached hydrogens (tertiary/aromatic N) is 1. The number of nitrogens with one attached hydrogen (secondary N) is 1. The number of amides is 2. The van der Waals surface area contributed by atoms with Gasteiger partial charge in [-0.15, -0.1) is 0 Å². The van der Waals surface area contributed by atoms with Crippen molar-refractivity contribution in [1.29, 1.82) is 0 Å². The zero-order chi connectivity index (χ0) is 18.7. The average Bonchev–Trinajstić information content (AvgIpc) is 3.52. The Morgan fingerprint density at radius 3 is 2.38 bits per heavy atom. The van der Waals surface area contributed by atoms with E-state index in [1.165, 1.54) is 5.56 Å². The number of rotatable bonds is 6. The molecule has 1 fully saturated rings. The topological polar surface area (TPSA) is 49.4 Å². The molecule has 2 aromatic carbocycles. The highest BCUT2D eigenvalue weighted by Crippen LogP contribution is 2.33. The Morgan fingerprint density at radius 1 is 1.12 bits per heavy atom. The van der Waals surface area contributed by atoms with Crippen LogP contribution in [0.4, 0.5) is 5.69 Å². The van der Waals surface area contributed by atoms with E-state index in [1.807, 2.05) is 25.1 Å². The molecule has 3 rings (SSSR count). The number of benzene rings is 2. The molecule has 26 heavy (non-hydrogen) atoms. The van der Waals surface area contributed by atoms with E-state index in [0.717, 1.165) is 24.8 Å². The molecule has 0 unspecified atom stereocenters. The zero-order valence-corrected chi connectivity index (χ0v) is 15.7. The van der Waals surface area contributed by atoms with Gasteiger partial charge in [-0.25, -0.2) is 0 Å². The molecule has 4 heteroatoms. The number of hydrogen-bond donors (Lipinski definition) is 1. The summed E-state index contributed by atoms with van der Waals surface area (Å²) in [6, 6.07) is 15.5. The van der Waals surface area contributed by atoms with Crippen molar-refractivity contribution in [2.24, 2.45) is 5.92 Å². The lowest BCUT2D eigenvalue weighted by Gasteiger charge is -2.22. The highest BCUT2D eigenvalue weighted by atomic mass is 16.2. The molecular formula is C22H26N2O2. The Kier molecular flexibility index (Phi) is 5.40. The second kappa shape index (κ2) is 7.73. The summed E-state index contributed by atoms with van der Waals surface area (Å²) >= 11 is 0. The molecular weight excluding hydrogens is 324 g/mol. The molecule has 1 aliphatic rings. The molecule has 1 saturated carbocycles. The highest BCUT2D eigenvalue weighted by molar-refractivity contribution is 6.05. The number of para-hydroxylation sites is 1. The van der Waals surface area contributed by atoms with Crippen LogP contribution < -0.4 is 10.2 Å². The summed E-state index contributed by atoms with van der Waals surface area (Å²) in [6.45, 7) is 4.09. The van der Waals surface area contributed by atoms with Crippen LogP contribution in [0.2, 0.25) is 0 Å². The van der Waals surface area contributed by atoms with Gasteiger partial charge in [0.05, 0.1) is 17.3 Å². The van der Waals surface area contributed by atoms with Gasteiger partial charge in [-0.3, -0.25) is 9.59 Å². The second-order valence-corrected chi connectivity index (χ2v) is 6.98. The van der Waals surface area contributed by atoms with Crippen LogP contribution in [0.5, 0.6) is 0 Å². The third kappa shape index (κ3) is 3.96. The van der Waals surface area contributed by atoms with Crippen molar-refractivity contribution in [1.82, 2.24) is 5.32 Å². The normalized spacial score (nSPS) is 14.6. The van der Waals surface area contributed by atoms with Gasteiger partial charge in [0.1, 0.15) is 0 Å². The van der Waals surface area contributed by atoms with Crippen molar-refractivity contribution in [3.05, 3.63) is 65.2 Å². The maximum absolute atomic E-state index is 12.8. The zero-order valence-electron chi connectivity index (χ0n) is 15.7. The molecule has 1 atom stereocenters. The van der Waals surface area contributed by atoms with Gasteiger partial charge >= 0.3 is 0 Å². The highest BCUT2D eigenvalue weighted by Gasteiger charge is 2.33. The summed E-state index contributed by atoms with van der Waals surface area (Å²) in [6.07, 6.45) is 2.89. The van der Waals surface area contributed by atoms with Crippen LogP contribution in [0.25, 0.3) is 0 Å². The molecule has 136 valence electrons. The number of carbonyl (C=O) groups excluding carboxylic acids is 2. The van der Waals surface area contributed by atoms with E-state index >= 15 is 0 Å². The molecule has 4 nitrogen and oxygen atoms in total.